The molecule has 1 saturated carbocycles. The number of aromatic nitrogens is 2. The molecule has 0 atom stereocenters. The molecule has 0 aliphatic heterocycles. The molecule has 0 radical (unpaired) electrons. The van der Waals surface area contributed by atoms with Crippen molar-refractivity contribution in [3.63, 3.8) is 0 Å². The van der Waals surface area contributed by atoms with Crippen LogP contribution < -0.4 is 0 Å². The quantitative estimate of drug-likeness (QED) is 0.821. The maximum Gasteiger partial charge on any atom is 0.356 e. The van der Waals surface area contributed by atoms with Gasteiger partial charge in [0.2, 0.25) is 0 Å². The number of aryl methyl sites for hydroxylation is 1. The molecule has 4 nitrogen and oxygen atoms in total. The highest BCUT2D eigenvalue weighted by Crippen LogP contribution is 2.28. The van der Waals surface area contributed by atoms with Crippen LogP contribution in [0.1, 0.15) is 67.7 Å². The van der Waals surface area contributed by atoms with Gasteiger partial charge in [0.1, 0.15) is 0 Å². The third-order valence-corrected chi connectivity index (χ3v) is 3.56. The lowest BCUT2D eigenvalue weighted by atomic mass is 10.1. The predicted molar refractivity (Wildman–Crippen MR) is 65.3 cm³/mol. The van der Waals surface area contributed by atoms with Crippen LogP contribution >= 0.6 is 0 Å². The monoisotopic (exact) mass is 236 g/mol. The molecule has 4 heteroatoms. The van der Waals surface area contributed by atoms with Crippen LogP contribution in [-0.2, 0) is 6.42 Å². The van der Waals surface area contributed by atoms with Gasteiger partial charge in [-0.05, 0) is 25.3 Å². The van der Waals surface area contributed by atoms with Crippen LogP contribution in [0.15, 0.2) is 6.07 Å². The van der Waals surface area contributed by atoms with Gasteiger partial charge in [-0.1, -0.05) is 32.6 Å². The maximum absolute atomic E-state index is 11.0. The molecular formula is C13H20N2O2. The van der Waals surface area contributed by atoms with Crippen LogP contribution in [0.4, 0.5) is 0 Å². The van der Waals surface area contributed by atoms with Gasteiger partial charge in [0, 0.05) is 5.69 Å². The normalized spacial score (nSPS) is 17.9. The van der Waals surface area contributed by atoms with E-state index in [0.29, 0.717) is 6.04 Å². The van der Waals surface area contributed by atoms with Crippen molar-refractivity contribution in [3.05, 3.63) is 17.5 Å². The lowest BCUT2D eigenvalue weighted by Gasteiger charge is -2.17. The summed E-state index contributed by atoms with van der Waals surface area (Å²) in [7, 11) is 0. The van der Waals surface area contributed by atoms with Crippen LogP contribution in [0.5, 0.6) is 0 Å². The zero-order chi connectivity index (χ0) is 12.3. The largest absolute Gasteiger partial charge is 0.476 e. The number of hydrogen-bond donors (Lipinski definition) is 1. The highest BCUT2D eigenvalue weighted by Gasteiger charge is 2.20. The molecule has 94 valence electrons. The second-order valence-electron chi connectivity index (χ2n) is 4.77. The summed E-state index contributed by atoms with van der Waals surface area (Å²) >= 11 is 0. The summed E-state index contributed by atoms with van der Waals surface area (Å²) < 4.78 is 1.97. The second kappa shape index (κ2) is 5.34. The standard InChI is InChI=1S/C13H20N2O2/c1-2-10-9-12(13(16)17)14-15(10)11-7-5-3-4-6-8-11/h9,11H,2-8H2,1H3,(H,16,17). The Balaban J connectivity index is 2.25. The Morgan fingerprint density at radius 2 is 2.06 bits per heavy atom. The minimum absolute atomic E-state index is 0.186. The van der Waals surface area contributed by atoms with Gasteiger partial charge in [-0.3, -0.25) is 4.68 Å². The van der Waals surface area contributed by atoms with Crippen molar-refractivity contribution in [2.24, 2.45) is 0 Å². The molecule has 1 N–H and O–H groups in total. The average Bonchev–Trinajstić information content (AvgIpc) is 2.57. The molecule has 1 heterocycles. The molecular weight excluding hydrogens is 216 g/mol. The molecule has 1 fully saturated rings. The molecule has 0 amide bonds. The molecule has 1 aromatic heterocycles. The van der Waals surface area contributed by atoms with E-state index in [0.717, 1.165) is 25.0 Å². The highest BCUT2D eigenvalue weighted by molar-refractivity contribution is 5.85. The zero-order valence-corrected chi connectivity index (χ0v) is 10.4. The lowest BCUT2D eigenvalue weighted by Crippen LogP contribution is -2.13. The maximum atomic E-state index is 11.0. The van der Waals surface area contributed by atoms with E-state index in [1.165, 1.54) is 25.7 Å². The summed E-state index contributed by atoms with van der Waals surface area (Å²) in [5.41, 5.74) is 1.24. The van der Waals surface area contributed by atoms with Crippen molar-refractivity contribution in [2.45, 2.75) is 57.9 Å². The number of hydrogen-bond acceptors (Lipinski definition) is 2. The fourth-order valence-corrected chi connectivity index (χ4v) is 2.62. The molecule has 0 saturated heterocycles. The summed E-state index contributed by atoms with van der Waals surface area (Å²) in [5.74, 6) is -0.924. The number of carbonyl (C=O) groups is 1. The van der Waals surface area contributed by atoms with E-state index in [9.17, 15) is 4.79 Å². The van der Waals surface area contributed by atoms with Gasteiger partial charge in [-0.25, -0.2) is 4.79 Å². The summed E-state index contributed by atoms with van der Waals surface area (Å²) in [6, 6.07) is 2.12. The van der Waals surface area contributed by atoms with Crippen molar-refractivity contribution in [1.82, 2.24) is 9.78 Å². The predicted octanol–water partition coefficient (Wildman–Crippen LogP) is 3.04. The molecule has 0 spiro atoms. The molecule has 0 bridgehead atoms. The fraction of sp³-hybridized carbons (Fsp3) is 0.692. The number of carboxylic acids is 1. The lowest BCUT2D eigenvalue weighted by molar-refractivity contribution is 0.0689. The van der Waals surface area contributed by atoms with Crippen molar-refractivity contribution >= 4 is 5.97 Å². The second-order valence-corrected chi connectivity index (χ2v) is 4.77. The van der Waals surface area contributed by atoms with E-state index in [4.69, 9.17) is 5.11 Å². The molecule has 1 aliphatic rings. The average molecular weight is 236 g/mol. The third-order valence-electron chi connectivity index (χ3n) is 3.56. The van der Waals surface area contributed by atoms with E-state index in [1.807, 2.05) is 4.68 Å². The first-order chi connectivity index (χ1) is 8.22. The van der Waals surface area contributed by atoms with E-state index in [-0.39, 0.29) is 5.69 Å². The highest BCUT2D eigenvalue weighted by atomic mass is 16.4. The van der Waals surface area contributed by atoms with Crippen LogP contribution in [0.2, 0.25) is 0 Å². The summed E-state index contributed by atoms with van der Waals surface area (Å²) in [6.07, 6.45) is 8.17. The molecule has 2 rings (SSSR count). The van der Waals surface area contributed by atoms with Crippen molar-refractivity contribution < 1.29 is 9.90 Å². The number of carboxylic acid groups (broad SMARTS) is 1. The van der Waals surface area contributed by atoms with Crippen LogP contribution in [-0.4, -0.2) is 20.9 Å². The van der Waals surface area contributed by atoms with Gasteiger partial charge in [0.15, 0.2) is 5.69 Å². The number of aromatic carboxylic acids is 1. The van der Waals surface area contributed by atoms with Gasteiger partial charge in [0.05, 0.1) is 6.04 Å². The summed E-state index contributed by atoms with van der Waals surface area (Å²) in [5, 5.41) is 13.3. The van der Waals surface area contributed by atoms with Gasteiger partial charge in [0.25, 0.3) is 0 Å². The van der Waals surface area contributed by atoms with E-state index in [1.54, 1.807) is 6.07 Å². The van der Waals surface area contributed by atoms with Crippen LogP contribution in [0, 0.1) is 0 Å². The number of rotatable bonds is 3. The van der Waals surface area contributed by atoms with Gasteiger partial charge < -0.3 is 5.11 Å². The van der Waals surface area contributed by atoms with Crippen LogP contribution in [0.3, 0.4) is 0 Å². The molecule has 1 aromatic rings. The SMILES string of the molecule is CCc1cc(C(=O)O)nn1C1CCCCCC1. The molecule has 0 unspecified atom stereocenters. The minimum atomic E-state index is -0.924. The summed E-state index contributed by atoms with van der Waals surface area (Å²) in [6.45, 7) is 2.05. The van der Waals surface area contributed by atoms with Gasteiger partial charge in [-0.15, -0.1) is 0 Å². The Hall–Kier alpha value is -1.32. The number of nitrogens with zero attached hydrogens (tertiary/aromatic N) is 2. The first kappa shape index (κ1) is 12.1. The molecule has 17 heavy (non-hydrogen) atoms. The first-order valence-electron chi connectivity index (χ1n) is 6.54. The fourth-order valence-electron chi connectivity index (χ4n) is 2.62. The van der Waals surface area contributed by atoms with Crippen molar-refractivity contribution in [1.29, 1.82) is 0 Å². The van der Waals surface area contributed by atoms with Gasteiger partial charge >= 0.3 is 5.97 Å². The van der Waals surface area contributed by atoms with Gasteiger partial charge in [-0.2, -0.15) is 5.10 Å². The topological polar surface area (TPSA) is 55.1 Å². The van der Waals surface area contributed by atoms with E-state index >= 15 is 0 Å². The Labute approximate surface area is 102 Å². The zero-order valence-electron chi connectivity index (χ0n) is 10.4. The van der Waals surface area contributed by atoms with Crippen molar-refractivity contribution in [3.8, 4) is 0 Å². The molecule has 1 aliphatic carbocycles. The van der Waals surface area contributed by atoms with Crippen LogP contribution in [0.25, 0.3) is 0 Å². The van der Waals surface area contributed by atoms with E-state index in [2.05, 4.69) is 12.0 Å². The Kier molecular flexibility index (Phi) is 3.82. The van der Waals surface area contributed by atoms with Crippen molar-refractivity contribution in [2.75, 3.05) is 0 Å². The Morgan fingerprint density at radius 1 is 1.41 bits per heavy atom. The first-order valence-corrected chi connectivity index (χ1v) is 6.54. The molecule has 0 aromatic carbocycles. The summed E-state index contributed by atoms with van der Waals surface area (Å²) in [4.78, 5) is 11.0. The Bertz CT molecular complexity index is 390. The van der Waals surface area contributed by atoms with E-state index < -0.39 is 5.97 Å². The Morgan fingerprint density at radius 3 is 2.59 bits per heavy atom. The minimum Gasteiger partial charge on any atom is -0.476 e. The smallest absolute Gasteiger partial charge is 0.356 e. The third kappa shape index (κ3) is 2.68.